The topological polar surface area (TPSA) is 17.1 Å². The molecule has 0 aliphatic rings. The van der Waals surface area contributed by atoms with Crippen molar-refractivity contribution in [3.63, 3.8) is 0 Å². The standard InChI is InChI=1S/C13H7Cl2FO/c14-9-5-8(6-10(15)7-9)13(17)11-3-1-2-4-12(11)16/h1-7H. The Balaban J connectivity index is 2.48. The zero-order chi connectivity index (χ0) is 12.4. The van der Waals surface area contributed by atoms with Gasteiger partial charge in [-0.3, -0.25) is 4.79 Å². The van der Waals surface area contributed by atoms with Crippen LogP contribution in [0.15, 0.2) is 42.5 Å². The summed E-state index contributed by atoms with van der Waals surface area (Å²) >= 11 is 11.6. The molecule has 0 saturated carbocycles. The molecule has 0 saturated heterocycles. The van der Waals surface area contributed by atoms with Crippen LogP contribution in [0.3, 0.4) is 0 Å². The van der Waals surface area contributed by atoms with E-state index in [1.165, 1.54) is 36.4 Å². The zero-order valence-electron chi connectivity index (χ0n) is 8.58. The van der Waals surface area contributed by atoms with Crippen molar-refractivity contribution in [1.82, 2.24) is 0 Å². The van der Waals surface area contributed by atoms with Crippen molar-refractivity contribution in [3.05, 3.63) is 69.5 Å². The second-order valence-corrected chi connectivity index (χ2v) is 4.34. The van der Waals surface area contributed by atoms with E-state index in [0.29, 0.717) is 10.0 Å². The van der Waals surface area contributed by atoms with Crippen molar-refractivity contribution < 1.29 is 9.18 Å². The fraction of sp³-hybridized carbons (Fsp3) is 0. The van der Waals surface area contributed by atoms with Gasteiger partial charge in [-0.1, -0.05) is 35.3 Å². The largest absolute Gasteiger partial charge is 0.288 e. The summed E-state index contributed by atoms with van der Waals surface area (Å²) in [5, 5.41) is 0.689. The van der Waals surface area contributed by atoms with Crippen LogP contribution in [0, 0.1) is 5.82 Å². The Morgan fingerprint density at radius 2 is 1.59 bits per heavy atom. The molecule has 0 fully saturated rings. The van der Waals surface area contributed by atoms with Gasteiger partial charge in [-0.25, -0.2) is 4.39 Å². The molecule has 1 nitrogen and oxygen atoms in total. The monoisotopic (exact) mass is 268 g/mol. The molecule has 0 radical (unpaired) electrons. The molecule has 4 heteroatoms. The SMILES string of the molecule is O=C(c1cc(Cl)cc(Cl)c1)c1ccccc1F. The first kappa shape index (κ1) is 12.1. The second kappa shape index (κ2) is 4.86. The lowest BCUT2D eigenvalue weighted by Crippen LogP contribution is -2.04. The fourth-order valence-electron chi connectivity index (χ4n) is 1.49. The summed E-state index contributed by atoms with van der Waals surface area (Å²) in [4.78, 5) is 12.0. The molecule has 0 aliphatic carbocycles. The van der Waals surface area contributed by atoms with Gasteiger partial charge in [0.15, 0.2) is 5.78 Å². The van der Waals surface area contributed by atoms with E-state index < -0.39 is 11.6 Å². The van der Waals surface area contributed by atoms with Crippen LogP contribution >= 0.6 is 23.2 Å². The first-order valence-corrected chi connectivity index (χ1v) is 5.59. The van der Waals surface area contributed by atoms with E-state index in [-0.39, 0.29) is 11.1 Å². The molecule has 17 heavy (non-hydrogen) atoms. The third-order valence-electron chi connectivity index (χ3n) is 2.24. The molecule has 0 aliphatic heterocycles. The van der Waals surface area contributed by atoms with Crippen molar-refractivity contribution in [2.24, 2.45) is 0 Å². The quantitative estimate of drug-likeness (QED) is 0.740. The number of rotatable bonds is 2. The Kier molecular flexibility index (Phi) is 3.46. The first-order chi connectivity index (χ1) is 8.08. The molecule has 0 amide bonds. The number of hydrogen-bond donors (Lipinski definition) is 0. The van der Waals surface area contributed by atoms with E-state index in [9.17, 15) is 9.18 Å². The van der Waals surface area contributed by atoms with Gasteiger partial charge in [-0.2, -0.15) is 0 Å². The minimum Gasteiger partial charge on any atom is -0.288 e. The number of ketones is 1. The van der Waals surface area contributed by atoms with Crippen LogP contribution < -0.4 is 0 Å². The molecule has 0 spiro atoms. The highest BCUT2D eigenvalue weighted by molar-refractivity contribution is 6.35. The lowest BCUT2D eigenvalue weighted by Gasteiger charge is -2.03. The Labute approximate surface area is 108 Å². The third-order valence-corrected chi connectivity index (χ3v) is 2.68. The number of hydrogen-bond acceptors (Lipinski definition) is 1. The van der Waals surface area contributed by atoms with Gasteiger partial charge in [0, 0.05) is 15.6 Å². The molecule has 0 aromatic heterocycles. The van der Waals surface area contributed by atoms with Crippen molar-refractivity contribution in [1.29, 1.82) is 0 Å². The molecule has 2 rings (SSSR count). The van der Waals surface area contributed by atoms with E-state index in [1.807, 2.05) is 0 Å². The normalized spacial score (nSPS) is 10.3. The average molecular weight is 269 g/mol. The van der Waals surface area contributed by atoms with Crippen molar-refractivity contribution in [2.75, 3.05) is 0 Å². The van der Waals surface area contributed by atoms with E-state index >= 15 is 0 Å². The van der Waals surface area contributed by atoms with E-state index in [1.54, 1.807) is 6.07 Å². The highest BCUT2D eigenvalue weighted by Crippen LogP contribution is 2.22. The maximum atomic E-state index is 13.4. The summed E-state index contributed by atoms with van der Waals surface area (Å²) in [5.74, 6) is -0.999. The van der Waals surface area contributed by atoms with Gasteiger partial charge in [0.25, 0.3) is 0 Å². The van der Waals surface area contributed by atoms with Gasteiger partial charge in [0.2, 0.25) is 0 Å². The molecule has 0 bridgehead atoms. The Morgan fingerprint density at radius 1 is 1.00 bits per heavy atom. The number of halogens is 3. The van der Waals surface area contributed by atoms with Crippen LogP contribution in [-0.4, -0.2) is 5.78 Å². The molecule has 2 aromatic carbocycles. The van der Waals surface area contributed by atoms with Crippen molar-refractivity contribution in [3.8, 4) is 0 Å². The fourth-order valence-corrected chi connectivity index (χ4v) is 2.01. The van der Waals surface area contributed by atoms with E-state index in [4.69, 9.17) is 23.2 Å². The maximum Gasteiger partial charge on any atom is 0.196 e. The van der Waals surface area contributed by atoms with Gasteiger partial charge < -0.3 is 0 Å². The molecular weight excluding hydrogens is 262 g/mol. The molecule has 0 heterocycles. The molecule has 0 N–H and O–H groups in total. The first-order valence-electron chi connectivity index (χ1n) is 4.83. The summed E-state index contributed by atoms with van der Waals surface area (Å²) < 4.78 is 13.4. The van der Waals surface area contributed by atoms with Crippen LogP contribution in [-0.2, 0) is 0 Å². The van der Waals surface area contributed by atoms with Crippen LogP contribution in [0.4, 0.5) is 4.39 Å². The maximum absolute atomic E-state index is 13.4. The van der Waals surface area contributed by atoms with Crippen molar-refractivity contribution >= 4 is 29.0 Å². The minimum absolute atomic E-state index is 0.00540. The molecular formula is C13H7Cl2FO. The van der Waals surface area contributed by atoms with Gasteiger partial charge in [0.1, 0.15) is 5.82 Å². The Morgan fingerprint density at radius 3 is 2.18 bits per heavy atom. The summed E-state index contributed by atoms with van der Waals surface area (Å²) in [7, 11) is 0. The van der Waals surface area contributed by atoms with Crippen LogP contribution in [0.25, 0.3) is 0 Å². The smallest absolute Gasteiger partial charge is 0.196 e. The van der Waals surface area contributed by atoms with Gasteiger partial charge in [-0.15, -0.1) is 0 Å². The van der Waals surface area contributed by atoms with Gasteiger partial charge in [-0.05, 0) is 30.3 Å². The average Bonchev–Trinajstić information content (AvgIpc) is 2.27. The van der Waals surface area contributed by atoms with Gasteiger partial charge in [0.05, 0.1) is 5.56 Å². The summed E-state index contributed by atoms with van der Waals surface area (Å²) in [6.07, 6.45) is 0. The summed E-state index contributed by atoms with van der Waals surface area (Å²) in [5.41, 5.74) is 0.276. The zero-order valence-corrected chi connectivity index (χ0v) is 10.1. The van der Waals surface area contributed by atoms with Crippen LogP contribution in [0.2, 0.25) is 10.0 Å². The second-order valence-electron chi connectivity index (χ2n) is 3.47. The molecule has 0 atom stereocenters. The van der Waals surface area contributed by atoms with Gasteiger partial charge >= 0.3 is 0 Å². The van der Waals surface area contributed by atoms with Crippen molar-refractivity contribution in [2.45, 2.75) is 0 Å². The number of carbonyl (C=O) groups is 1. The minimum atomic E-state index is -0.561. The van der Waals surface area contributed by atoms with E-state index in [0.717, 1.165) is 0 Å². The van der Waals surface area contributed by atoms with E-state index in [2.05, 4.69) is 0 Å². The Hall–Kier alpha value is -1.38. The lowest BCUT2D eigenvalue weighted by atomic mass is 10.0. The van der Waals surface area contributed by atoms with Crippen LogP contribution in [0.1, 0.15) is 15.9 Å². The van der Waals surface area contributed by atoms with Crippen LogP contribution in [0.5, 0.6) is 0 Å². The predicted molar refractivity (Wildman–Crippen MR) is 66.3 cm³/mol. The number of carbonyl (C=O) groups excluding carboxylic acids is 1. The molecule has 0 unspecified atom stereocenters. The highest BCUT2D eigenvalue weighted by atomic mass is 35.5. The Bertz CT molecular complexity index is 561. The molecule has 2 aromatic rings. The third kappa shape index (κ3) is 2.65. The summed E-state index contributed by atoms with van der Waals surface area (Å²) in [6.45, 7) is 0. The predicted octanol–water partition coefficient (Wildman–Crippen LogP) is 4.36. The molecule has 86 valence electrons. The summed E-state index contributed by atoms with van der Waals surface area (Å²) in [6, 6.07) is 10.2. The highest BCUT2D eigenvalue weighted by Gasteiger charge is 2.14. The lowest BCUT2D eigenvalue weighted by molar-refractivity contribution is 0.103. The number of benzene rings is 2.